The van der Waals surface area contributed by atoms with Crippen LogP contribution in [0.3, 0.4) is 0 Å². The lowest BCUT2D eigenvalue weighted by Crippen LogP contribution is -2.25. The normalized spacial score (nSPS) is 18.9. The molecule has 5 nitrogen and oxygen atoms in total. The summed E-state index contributed by atoms with van der Waals surface area (Å²) in [6, 6.07) is 4.59. The van der Waals surface area contributed by atoms with Crippen LogP contribution < -0.4 is 4.90 Å². The van der Waals surface area contributed by atoms with Gasteiger partial charge in [0.15, 0.2) is 11.6 Å². The van der Waals surface area contributed by atoms with Gasteiger partial charge in [-0.3, -0.25) is 4.79 Å². The number of carbonyl (C=O) groups excluding carboxylic acids is 1. The van der Waals surface area contributed by atoms with E-state index in [4.69, 9.17) is 16.1 Å². The minimum Gasteiger partial charge on any atom is -0.340 e. The second-order valence-corrected chi connectivity index (χ2v) is 5.06. The minimum absolute atomic E-state index is 0.00541. The zero-order valence-corrected chi connectivity index (χ0v) is 11.4. The van der Waals surface area contributed by atoms with Gasteiger partial charge in [-0.1, -0.05) is 22.8 Å². The summed E-state index contributed by atoms with van der Waals surface area (Å²) in [5.41, 5.74) is 0.185. The van der Waals surface area contributed by atoms with Crippen molar-refractivity contribution in [2.45, 2.75) is 19.3 Å². The third kappa shape index (κ3) is 2.16. The van der Waals surface area contributed by atoms with E-state index in [-0.39, 0.29) is 29.0 Å². The lowest BCUT2D eigenvalue weighted by Gasteiger charge is -2.17. The molecule has 20 heavy (non-hydrogen) atoms. The fourth-order valence-corrected chi connectivity index (χ4v) is 2.46. The second kappa shape index (κ2) is 4.86. The Morgan fingerprint density at radius 1 is 1.50 bits per heavy atom. The molecule has 1 fully saturated rings. The van der Waals surface area contributed by atoms with E-state index in [1.165, 1.54) is 17.0 Å². The van der Waals surface area contributed by atoms with E-state index in [1.807, 2.05) is 0 Å². The maximum Gasteiger partial charge on any atom is 0.227 e. The minimum atomic E-state index is -0.590. The zero-order valence-electron chi connectivity index (χ0n) is 10.6. The first-order chi connectivity index (χ1) is 9.56. The van der Waals surface area contributed by atoms with Crippen LogP contribution in [-0.2, 0) is 4.79 Å². The molecule has 3 rings (SSSR count). The van der Waals surface area contributed by atoms with Crippen molar-refractivity contribution < 1.29 is 13.7 Å². The molecule has 0 N–H and O–H groups in total. The predicted octanol–water partition coefficient (Wildman–Crippen LogP) is 2.69. The summed E-state index contributed by atoms with van der Waals surface area (Å²) in [5, 5.41) is 3.81. The van der Waals surface area contributed by atoms with Crippen LogP contribution in [0.4, 0.5) is 10.1 Å². The van der Waals surface area contributed by atoms with Crippen LogP contribution in [0.5, 0.6) is 0 Å². The largest absolute Gasteiger partial charge is 0.340 e. The number of nitrogens with zero attached hydrogens (tertiary/aromatic N) is 3. The topological polar surface area (TPSA) is 59.2 Å². The van der Waals surface area contributed by atoms with Crippen molar-refractivity contribution in [2.24, 2.45) is 0 Å². The van der Waals surface area contributed by atoms with Crippen molar-refractivity contribution in [1.82, 2.24) is 10.1 Å². The highest BCUT2D eigenvalue weighted by Crippen LogP contribution is 2.33. The van der Waals surface area contributed by atoms with Gasteiger partial charge in [0, 0.05) is 25.8 Å². The molecule has 0 spiro atoms. The van der Waals surface area contributed by atoms with Crippen LogP contribution in [-0.4, -0.2) is 22.6 Å². The Hall–Kier alpha value is -1.95. The van der Waals surface area contributed by atoms with Gasteiger partial charge < -0.3 is 9.42 Å². The van der Waals surface area contributed by atoms with Crippen LogP contribution in [0, 0.1) is 12.7 Å². The number of amides is 1. The van der Waals surface area contributed by atoms with Crippen LogP contribution >= 0.6 is 11.6 Å². The van der Waals surface area contributed by atoms with E-state index in [9.17, 15) is 9.18 Å². The van der Waals surface area contributed by atoms with Crippen molar-refractivity contribution in [3.05, 3.63) is 40.8 Å². The first kappa shape index (κ1) is 13.1. The van der Waals surface area contributed by atoms with Gasteiger partial charge in [-0.15, -0.1) is 0 Å². The quantitative estimate of drug-likeness (QED) is 0.854. The monoisotopic (exact) mass is 295 g/mol. The Labute approximate surface area is 119 Å². The maximum absolute atomic E-state index is 14.0. The maximum atomic E-state index is 14.0. The van der Waals surface area contributed by atoms with Crippen molar-refractivity contribution in [3.63, 3.8) is 0 Å². The second-order valence-electron chi connectivity index (χ2n) is 4.65. The van der Waals surface area contributed by atoms with Gasteiger partial charge in [-0.05, 0) is 12.1 Å². The number of rotatable bonds is 2. The summed E-state index contributed by atoms with van der Waals surface area (Å²) < 4.78 is 18.9. The summed E-state index contributed by atoms with van der Waals surface area (Å²) in [6.45, 7) is 2.00. The van der Waals surface area contributed by atoms with Gasteiger partial charge in [0.2, 0.25) is 11.8 Å². The van der Waals surface area contributed by atoms with Crippen LogP contribution in [0.1, 0.15) is 24.1 Å². The standard InChI is InChI=1S/C13H11ClFN3O2/c1-7-16-13(17-20-7)8-5-11(19)18(6-8)10-4-2-3-9(14)12(10)15/h2-4,8H,5-6H2,1H3. The molecule has 1 saturated heterocycles. The molecule has 0 bridgehead atoms. The fraction of sp³-hybridized carbons (Fsp3) is 0.308. The number of hydrogen-bond donors (Lipinski definition) is 0. The number of benzene rings is 1. The molecule has 1 aromatic carbocycles. The third-order valence-corrected chi connectivity index (χ3v) is 3.55. The zero-order chi connectivity index (χ0) is 14.3. The average molecular weight is 296 g/mol. The van der Waals surface area contributed by atoms with Gasteiger partial charge in [-0.25, -0.2) is 4.39 Å². The number of halogens is 2. The molecule has 1 unspecified atom stereocenters. The van der Waals surface area contributed by atoms with Crippen LogP contribution in [0.2, 0.25) is 5.02 Å². The highest BCUT2D eigenvalue weighted by Gasteiger charge is 2.35. The Morgan fingerprint density at radius 3 is 3.00 bits per heavy atom. The van der Waals surface area contributed by atoms with E-state index < -0.39 is 5.82 Å². The number of carbonyl (C=O) groups is 1. The first-order valence-corrected chi connectivity index (χ1v) is 6.48. The van der Waals surface area contributed by atoms with Gasteiger partial charge in [-0.2, -0.15) is 4.98 Å². The van der Waals surface area contributed by atoms with E-state index in [0.717, 1.165) is 0 Å². The Morgan fingerprint density at radius 2 is 2.30 bits per heavy atom. The lowest BCUT2D eigenvalue weighted by atomic mass is 10.1. The lowest BCUT2D eigenvalue weighted by molar-refractivity contribution is -0.117. The molecule has 2 heterocycles. The average Bonchev–Trinajstić information content (AvgIpc) is 2.99. The summed E-state index contributed by atoms with van der Waals surface area (Å²) in [7, 11) is 0. The molecule has 104 valence electrons. The SMILES string of the molecule is Cc1nc(C2CC(=O)N(c3cccc(Cl)c3F)C2)no1. The molecule has 1 aromatic heterocycles. The first-order valence-electron chi connectivity index (χ1n) is 6.11. The Bertz CT molecular complexity index is 673. The van der Waals surface area contributed by atoms with Crippen molar-refractivity contribution in [1.29, 1.82) is 0 Å². The summed E-state index contributed by atoms with van der Waals surface area (Å²) in [6.07, 6.45) is 0.227. The summed E-state index contributed by atoms with van der Waals surface area (Å²) in [4.78, 5) is 17.6. The molecule has 2 aromatic rings. The number of anilines is 1. The van der Waals surface area contributed by atoms with E-state index in [0.29, 0.717) is 18.3 Å². The molecule has 1 amide bonds. The summed E-state index contributed by atoms with van der Waals surface area (Å²) >= 11 is 5.74. The predicted molar refractivity (Wildman–Crippen MR) is 70.2 cm³/mol. The molecule has 7 heteroatoms. The van der Waals surface area contributed by atoms with Crippen molar-refractivity contribution >= 4 is 23.2 Å². The van der Waals surface area contributed by atoms with Gasteiger partial charge >= 0.3 is 0 Å². The van der Waals surface area contributed by atoms with Crippen LogP contribution in [0.25, 0.3) is 0 Å². The molecule has 0 aliphatic carbocycles. The smallest absolute Gasteiger partial charge is 0.227 e. The van der Waals surface area contributed by atoms with E-state index in [2.05, 4.69) is 10.1 Å². The molecule has 1 aliphatic heterocycles. The fourth-order valence-electron chi connectivity index (χ4n) is 2.30. The summed E-state index contributed by atoms with van der Waals surface area (Å²) in [5.74, 6) is -0.0509. The molecular formula is C13H11ClFN3O2. The van der Waals surface area contributed by atoms with Gasteiger partial charge in [0.1, 0.15) is 0 Å². The molecule has 0 radical (unpaired) electrons. The van der Waals surface area contributed by atoms with E-state index in [1.54, 1.807) is 13.0 Å². The third-order valence-electron chi connectivity index (χ3n) is 3.26. The molecule has 1 aliphatic rings. The van der Waals surface area contributed by atoms with Crippen LogP contribution in [0.15, 0.2) is 22.7 Å². The molecule has 1 atom stereocenters. The molecule has 0 saturated carbocycles. The van der Waals surface area contributed by atoms with Gasteiger partial charge in [0.05, 0.1) is 10.7 Å². The number of aromatic nitrogens is 2. The molecular weight excluding hydrogens is 285 g/mol. The highest BCUT2D eigenvalue weighted by atomic mass is 35.5. The van der Waals surface area contributed by atoms with Crippen molar-refractivity contribution in [2.75, 3.05) is 11.4 Å². The van der Waals surface area contributed by atoms with Gasteiger partial charge in [0.25, 0.3) is 0 Å². The van der Waals surface area contributed by atoms with E-state index >= 15 is 0 Å². The highest BCUT2D eigenvalue weighted by molar-refractivity contribution is 6.31. The van der Waals surface area contributed by atoms with Crippen molar-refractivity contribution in [3.8, 4) is 0 Å². The number of hydrogen-bond acceptors (Lipinski definition) is 4. The number of aryl methyl sites for hydroxylation is 1. The Kier molecular flexibility index (Phi) is 3.17. The Balaban J connectivity index is 1.89.